The van der Waals surface area contributed by atoms with Crippen LogP contribution in [0.3, 0.4) is 0 Å². The maximum atomic E-state index is 2.23. The van der Waals surface area contributed by atoms with Gasteiger partial charge in [-0.3, -0.25) is 0 Å². The zero-order valence-electron chi connectivity index (χ0n) is 5.99. The fourth-order valence-electron chi connectivity index (χ4n) is 1.18. The van der Waals surface area contributed by atoms with Gasteiger partial charge in [-0.15, -0.1) is 0 Å². The van der Waals surface area contributed by atoms with E-state index < -0.39 is 0 Å². The van der Waals surface area contributed by atoms with Gasteiger partial charge in [0.15, 0.2) is 0 Å². The first-order valence-corrected chi connectivity index (χ1v) is 4.82. The van der Waals surface area contributed by atoms with Crippen LogP contribution < -0.4 is 3.61 Å². The van der Waals surface area contributed by atoms with Crippen LogP contribution in [0.5, 0.6) is 0 Å². The van der Waals surface area contributed by atoms with Crippen molar-refractivity contribution in [3.63, 3.8) is 0 Å². The quantitative estimate of drug-likeness (QED) is 0.624. The molecule has 0 aromatic heterocycles. The van der Waals surface area contributed by atoms with Crippen LogP contribution in [0.2, 0.25) is 0 Å². The summed E-state index contributed by atoms with van der Waals surface area (Å²) in [6, 6.07) is 15.0. The van der Waals surface area contributed by atoms with Gasteiger partial charge in [-0.05, 0) is 0 Å². The molecule has 0 unspecified atom stereocenters. The predicted molar refractivity (Wildman–Crippen MR) is 50.7 cm³/mol. The normalized spacial score (nSPS) is 10.3. The summed E-state index contributed by atoms with van der Waals surface area (Å²) in [5.74, 6) is 0. The number of benzene rings is 2. The van der Waals surface area contributed by atoms with Gasteiger partial charge >= 0.3 is 79.1 Å². The molecule has 0 aliphatic rings. The van der Waals surface area contributed by atoms with E-state index in [2.05, 4.69) is 42.5 Å². The summed E-state index contributed by atoms with van der Waals surface area (Å²) in [4.78, 5) is 0. The van der Waals surface area contributed by atoms with Crippen molar-refractivity contribution in [2.24, 2.45) is 0 Å². The molecule has 0 spiro atoms. The molecule has 0 atom stereocenters. The fraction of sp³-hybridized carbons (Fsp3) is 0. The molecule has 54 valence electrons. The number of hydrogen-bond donors (Lipinski definition) is 0. The first-order valence-electron chi connectivity index (χ1n) is 3.54. The minimum absolute atomic E-state index is 1.33. The fourth-order valence-corrected chi connectivity index (χ4v) is 1.79. The Labute approximate surface area is 79.1 Å². The van der Waals surface area contributed by atoms with Crippen molar-refractivity contribution >= 4 is 36.7 Å². The molecule has 2 rings (SSSR count). The molecular weight excluding hydrogens is 248 g/mol. The van der Waals surface area contributed by atoms with Crippen LogP contribution in [0.4, 0.5) is 0 Å². The molecule has 0 radical (unpaired) electrons. The third kappa shape index (κ3) is 1.40. The van der Waals surface area contributed by atoms with Gasteiger partial charge in [-0.1, -0.05) is 0 Å². The van der Waals surface area contributed by atoms with Crippen molar-refractivity contribution in [2.45, 2.75) is 0 Å². The number of fused-ring (bicyclic) bond motifs is 1. The Morgan fingerprint density at radius 2 is 1.55 bits per heavy atom. The van der Waals surface area contributed by atoms with E-state index in [-0.39, 0.29) is 0 Å². The van der Waals surface area contributed by atoms with Crippen LogP contribution in [0.25, 0.3) is 10.8 Å². The van der Waals surface area contributed by atoms with Crippen molar-refractivity contribution < 1.29 is 0 Å². The van der Waals surface area contributed by atoms with Crippen LogP contribution >= 0.6 is 0 Å². The van der Waals surface area contributed by atoms with Gasteiger partial charge in [0.2, 0.25) is 0 Å². The van der Waals surface area contributed by atoms with E-state index in [1.54, 1.807) is 22.3 Å². The van der Waals surface area contributed by atoms with Crippen LogP contribution in [0.1, 0.15) is 0 Å². The monoisotopic (exact) mass is 258 g/mol. The van der Waals surface area contributed by atoms with Gasteiger partial charge in [0.1, 0.15) is 0 Å². The summed E-state index contributed by atoms with van der Waals surface area (Å²) in [6.07, 6.45) is 0. The van der Waals surface area contributed by atoms with E-state index in [0.717, 1.165) is 0 Å². The van der Waals surface area contributed by atoms with Gasteiger partial charge in [0, 0.05) is 0 Å². The van der Waals surface area contributed by atoms with Gasteiger partial charge < -0.3 is 0 Å². The molecule has 0 amide bonds. The summed E-state index contributed by atoms with van der Waals surface area (Å²) in [7, 11) is 0. The van der Waals surface area contributed by atoms with Crippen molar-refractivity contribution in [1.29, 1.82) is 0 Å². The Balaban J connectivity index is 2.83. The molecule has 0 aliphatic heterocycles. The molecule has 0 aliphatic carbocycles. The SMILES string of the molecule is [TeH]c1ccc2ccccc2c1. The van der Waals surface area contributed by atoms with E-state index in [9.17, 15) is 0 Å². The van der Waals surface area contributed by atoms with Gasteiger partial charge in [0.25, 0.3) is 0 Å². The van der Waals surface area contributed by atoms with Crippen LogP contribution in [0.15, 0.2) is 42.5 Å². The molecule has 2 aromatic carbocycles. The summed E-state index contributed by atoms with van der Waals surface area (Å²) < 4.78 is 1.37. The molecule has 0 saturated carbocycles. The number of hydrogen-bond acceptors (Lipinski definition) is 0. The predicted octanol–water partition coefficient (Wildman–Crippen LogP) is 1.37. The minimum atomic E-state index is 1.33. The third-order valence-corrected chi connectivity index (χ3v) is 2.53. The summed E-state index contributed by atoms with van der Waals surface area (Å²) in [6.45, 7) is 0. The maximum absolute atomic E-state index is 2.23. The standard InChI is InChI=1S/C10H8Te/c11-10-6-5-8-3-1-2-4-9(8)7-10/h1-7,11H. The molecule has 0 heterocycles. The zero-order chi connectivity index (χ0) is 7.68. The Hall–Kier alpha value is -0.510. The van der Waals surface area contributed by atoms with Crippen molar-refractivity contribution in [2.75, 3.05) is 0 Å². The van der Waals surface area contributed by atoms with Crippen molar-refractivity contribution in [3.05, 3.63) is 42.5 Å². The topological polar surface area (TPSA) is 0 Å². The first-order chi connectivity index (χ1) is 5.36. The zero-order valence-corrected chi connectivity index (χ0v) is 8.54. The molecule has 0 bridgehead atoms. The van der Waals surface area contributed by atoms with E-state index >= 15 is 0 Å². The third-order valence-electron chi connectivity index (χ3n) is 1.73. The average Bonchev–Trinajstić information content (AvgIpc) is 2.04. The Kier molecular flexibility index (Phi) is 1.85. The van der Waals surface area contributed by atoms with E-state index in [1.165, 1.54) is 14.4 Å². The Morgan fingerprint density at radius 1 is 0.818 bits per heavy atom. The summed E-state index contributed by atoms with van der Waals surface area (Å²) in [5.41, 5.74) is 0. The van der Waals surface area contributed by atoms with Gasteiger partial charge in [-0.2, -0.15) is 0 Å². The van der Waals surface area contributed by atoms with Crippen molar-refractivity contribution in [1.82, 2.24) is 0 Å². The molecule has 11 heavy (non-hydrogen) atoms. The Bertz CT molecular complexity index is 379. The molecule has 2 aromatic rings. The van der Waals surface area contributed by atoms with Gasteiger partial charge in [-0.25, -0.2) is 0 Å². The molecular formula is C10H8Te. The van der Waals surface area contributed by atoms with E-state index in [4.69, 9.17) is 0 Å². The van der Waals surface area contributed by atoms with E-state index in [0.29, 0.717) is 0 Å². The Morgan fingerprint density at radius 3 is 2.36 bits per heavy atom. The second-order valence-corrected chi connectivity index (χ2v) is 4.01. The van der Waals surface area contributed by atoms with Gasteiger partial charge in [0.05, 0.1) is 0 Å². The summed E-state index contributed by atoms with van der Waals surface area (Å²) in [5, 5.41) is 2.66. The molecule has 1 heteroatoms. The van der Waals surface area contributed by atoms with Crippen molar-refractivity contribution in [3.8, 4) is 0 Å². The molecule has 0 N–H and O–H groups in total. The van der Waals surface area contributed by atoms with Crippen LogP contribution in [-0.4, -0.2) is 22.3 Å². The van der Waals surface area contributed by atoms with Crippen LogP contribution in [-0.2, 0) is 0 Å². The van der Waals surface area contributed by atoms with Crippen LogP contribution in [0, 0.1) is 0 Å². The number of rotatable bonds is 0. The second kappa shape index (κ2) is 2.85. The molecule has 0 fully saturated rings. The summed E-state index contributed by atoms with van der Waals surface area (Å²) >= 11 is 1.77. The molecule has 0 nitrogen and oxygen atoms in total. The van der Waals surface area contributed by atoms with E-state index in [1.807, 2.05) is 0 Å². The molecule has 0 saturated heterocycles. The average molecular weight is 256 g/mol. The first kappa shape index (κ1) is 7.16. The second-order valence-electron chi connectivity index (χ2n) is 2.53.